The van der Waals surface area contributed by atoms with Crippen LogP contribution >= 0.6 is 11.3 Å². The molecule has 1 aromatic rings. The predicted octanol–water partition coefficient (Wildman–Crippen LogP) is 7.85. The van der Waals surface area contributed by atoms with Gasteiger partial charge in [0.25, 0.3) is 11.8 Å². The van der Waals surface area contributed by atoms with Gasteiger partial charge >= 0.3 is 0 Å². The third-order valence-corrected chi connectivity index (χ3v) is 7.03. The topological polar surface area (TPSA) is 37.4 Å². The highest BCUT2D eigenvalue weighted by molar-refractivity contribution is 7.08. The Labute approximate surface area is 182 Å². The Morgan fingerprint density at radius 1 is 0.690 bits per heavy atom. The number of carbonyl (C=O) groups excluding carboxylic acids is 2. The highest BCUT2D eigenvalue weighted by Crippen LogP contribution is 2.27. The summed E-state index contributed by atoms with van der Waals surface area (Å²) in [4.78, 5) is 26.2. The largest absolute Gasteiger partial charge is 0.274 e. The van der Waals surface area contributed by atoms with Crippen LogP contribution in [0.3, 0.4) is 0 Å². The van der Waals surface area contributed by atoms with Gasteiger partial charge in [-0.05, 0) is 12.3 Å². The number of nitrogens with zero attached hydrogens (tertiary/aromatic N) is 1. The minimum atomic E-state index is -0.0885. The molecule has 164 valence electrons. The van der Waals surface area contributed by atoms with E-state index in [0.29, 0.717) is 17.7 Å². The van der Waals surface area contributed by atoms with E-state index >= 15 is 0 Å². The number of thiophene rings is 1. The van der Waals surface area contributed by atoms with E-state index in [-0.39, 0.29) is 11.8 Å². The Morgan fingerprint density at radius 2 is 1.14 bits per heavy atom. The fraction of sp³-hybridized carbons (Fsp3) is 0.760. The molecule has 2 amide bonds. The first-order valence-electron chi connectivity index (χ1n) is 12.1. The number of carbonyl (C=O) groups is 2. The molecule has 29 heavy (non-hydrogen) atoms. The van der Waals surface area contributed by atoms with Crippen LogP contribution in [0.2, 0.25) is 0 Å². The molecule has 0 aliphatic carbocycles. The van der Waals surface area contributed by atoms with E-state index in [9.17, 15) is 9.59 Å². The average molecular weight is 420 g/mol. The van der Waals surface area contributed by atoms with Gasteiger partial charge in [-0.15, -0.1) is 0 Å². The summed E-state index contributed by atoms with van der Waals surface area (Å²) < 4.78 is 0. The Hall–Kier alpha value is -1.16. The third kappa shape index (κ3) is 7.88. The molecule has 2 heterocycles. The summed E-state index contributed by atoms with van der Waals surface area (Å²) in [5, 5.41) is 3.62. The quantitative estimate of drug-likeness (QED) is 0.190. The number of rotatable bonds is 17. The summed E-state index contributed by atoms with van der Waals surface area (Å²) in [5.74, 6) is 0.646. The zero-order valence-corrected chi connectivity index (χ0v) is 19.5. The number of amides is 2. The summed E-state index contributed by atoms with van der Waals surface area (Å²) in [6.07, 6.45) is 19.6. The van der Waals surface area contributed by atoms with Gasteiger partial charge in [-0.3, -0.25) is 14.5 Å². The maximum Gasteiger partial charge on any atom is 0.262 e. The molecule has 1 aliphatic heterocycles. The van der Waals surface area contributed by atoms with Crippen molar-refractivity contribution in [3.8, 4) is 0 Å². The lowest BCUT2D eigenvalue weighted by Crippen LogP contribution is -2.30. The lowest BCUT2D eigenvalue weighted by Gasteiger charge is -2.18. The van der Waals surface area contributed by atoms with E-state index in [2.05, 4.69) is 13.8 Å². The number of hydrogen-bond acceptors (Lipinski definition) is 3. The minimum absolute atomic E-state index is 0.0885. The lowest BCUT2D eigenvalue weighted by molar-refractivity contribution is 0.0651. The highest BCUT2D eigenvalue weighted by Gasteiger charge is 2.35. The second-order valence-electron chi connectivity index (χ2n) is 8.73. The molecule has 1 aromatic heterocycles. The Morgan fingerprint density at radius 3 is 1.69 bits per heavy atom. The SMILES string of the molecule is CCCCCCCCC(CCCCCC)CCCCN1C(=O)c2cscc2C1=O. The van der Waals surface area contributed by atoms with Gasteiger partial charge in [0.05, 0.1) is 11.1 Å². The van der Waals surface area contributed by atoms with Crippen LogP contribution in [0, 0.1) is 5.92 Å². The van der Waals surface area contributed by atoms with Crippen LogP contribution in [0.5, 0.6) is 0 Å². The van der Waals surface area contributed by atoms with Crippen LogP contribution in [0.25, 0.3) is 0 Å². The van der Waals surface area contributed by atoms with Gasteiger partial charge in [0, 0.05) is 17.3 Å². The predicted molar refractivity (Wildman–Crippen MR) is 124 cm³/mol. The number of unbranched alkanes of at least 4 members (excludes halogenated alkanes) is 9. The maximum atomic E-state index is 12.4. The number of fused-ring (bicyclic) bond motifs is 1. The molecule has 1 aliphatic rings. The van der Waals surface area contributed by atoms with Crippen molar-refractivity contribution < 1.29 is 9.59 Å². The van der Waals surface area contributed by atoms with Gasteiger partial charge in [0.15, 0.2) is 0 Å². The van der Waals surface area contributed by atoms with Crippen LogP contribution in [0.4, 0.5) is 0 Å². The zero-order chi connectivity index (χ0) is 20.9. The average Bonchev–Trinajstić information content (AvgIpc) is 3.29. The fourth-order valence-corrected chi connectivity index (χ4v) is 5.22. The van der Waals surface area contributed by atoms with E-state index in [0.717, 1.165) is 18.8 Å². The Balaban J connectivity index is 1.67. The third-order valence-electron chi connectivity index (χ3n) is 6.29. The van der Waals surface area contributed by atoms with Crippen molar-refractivity contribution in [1.29, 1.82) is 0 Å². The maximum absolute atomic E-state index is 12.4. The number of imide groups is 1. The highest BCUT2D eigenvalue weighted by atomic mass is 32.1. The van der Waals surface area contributed by atoms with Crippen molar-refractivity contribution in [2.24, 2.45) is 5.92 Å². The molecule has 0 radical (unpaired) electrons. The molecule has 3 nitrogen and oxygen atoms in total. The van der Waals surface area contributed by atoms with Crippen LogP contribution < -0.4 is 0 Å². The normalized spacial score (nSPS) is 14.6. The fourth-order valence-electron chi connectivity index (χ4n) is 4.42. The summed E-state index contributed by atoms with van der Waals surface area (Å²) in [6.45, 7) is 5.12. The van der Waals surface area contributed by atoms with E-state index in [4.69, 9.17) is 0 Å². The zero-order valence-electron chi connectivity index (χ0n) is 18.7. The molecular weight excluding hydrogens is 378 g/mol. The van der Waals surface area contributed by atoms with Gasteiger partial charge < -0.3 is 0 Å². The van der Waals surface area contributed by atoms with Crippen LogP contribution in [0.1, 0.15) is 131 Å². The van der Waals surface area contributed by atoms with Crippen molar-refractivity contribution in [1.82, 2.24) is 4.90 Å². The minimum Gasteiger partial charge on any atom is -0.274 e. The van der Waals surface area contributed by atoms with Gasteiger partial charge in [0.2, 0.25) is 0 Å². The van der Waals surface area contributed by atoms with Crippen molar-refractivity contribution in [3.63, 3.8) is 0 Å². The first-order chi connectivity index (χ1) is 14.2. The molecule has 1 atom stereocenters. The molecule has 0 saturated heterocycles. The van der Waals surface area contributed by atoms with E-state index in [1.165, 1.54) is 99.7 Å². The summed E-state index contributed by atoms with van der Waals surface area (Å²) in [7, 11) is 0. The molecule has 0 fully saturated rings. The van der Waals surface area contributed by atoms with E-state index < -0.39 is 0 Å². The molecular formula is C25H41NO2S. The Kier molecular flexibility index (Phi) is 11.6. The molecule has 0 spiro atoms. The van der Waals surface area contributed by atoms with E-state index in [1.54, 1.807) is 0 Å². The van der Waals surface area contributed by atoms with Crippen molar-refractivity contribution >= 4 is 23.2 Å². The molecule has 0 bridgehead atoms. The lowest BCUT2D eigenvalue weighted by atomic mass is 9.90. The van der Waals surface area contributed by atoms with Crippen molar-refractivity contribution in [2.45, 2.75) is 110 Å². The van der Waals surface area contributed by atoms with Gasteiger partial charge in [-0.1, -0.05) is 104 Å². The monoisotopic (exact) mass is 419 g/mol. The molecule has 1 unspecified atom stereocenters. The molecule has 0 saturated carbocycles. The van der Waals surface area contributed by atoms with Gasteiger partial charge in [-0.2, -0.15) is 11.3 Å². The first kappa shape index (κ1) is 24.1. The van der Waals surface area contributed by atoms with Crippen LogP contribution in [0.15, 0.2) is 10.8 Å². The second-order valence-corrected chi connectivity index (χ2v) is 9.47. The van der Waals surface area contributed by atoms with Crippen molar-refractivity contribution in [2.75, 3.05) is 6.54 Å². The second kappa shape index (κ2) is 14.0. The standard InChI is InChI=1S/C25H41NO2S/c1-3-5-7-9-10-12-16-21(15-11-8-6-4-2)17-13-14-18-26-24(27)22-19-29-20-23(22)25(26)28/h19-21H,3-18H2,1-2H3. The summed E-state index contributed by atoms with van der Waals surface area (Å²) in [6, 6.07) is 0. The summed E-state index contributed by atoms with van der Waals surface area (Å²) in [5.41, 5.74) is 1.22. The van der Waals surface area contributed by atoms with Crippen molar-refractivity contribution in [3.05, 3.63) is 21.9 Å². The van der Waals surface area contributed by atoms with Crippen LogP contribution in [-0.4, -0.2) is 23.3 Å². The first-order valence-corrected chi connectivity index (χ1v) is 13.1. The molecule has 0 aromatic carbocycles. The van der Waals surface area contributed by atoms with Crippen LogP contribution in [-0.2, 0) is 0 Å². The molecule has 0 N–H and O–H groups in total. The summed E-state index contributed by atoms with van der Waals surface area (Å²) >= 11 is 1.44. The van der Waals surface area contributed by atoms with Gasteiger partial charge in [-0.25, -0.2) is 0 Å². The Bertz CT molecular complexity index is 579. The molecule has 4 heteroatoms. The van der Waals surface area contributed by atoms with Gasteiger partial charge in [0.1, 0.15) is 0 Å². The van der Waals surface area contributed by atoms with E-state index in [1.807, 2.05) is 10.8 Å². The molecule has 2 rings (SSSR count). The smallest absolute Gasteiger partial charge is 0.262 e. The number of hydrogen-bond donors (Lipinski definition) is 0.